The number of aliphatic carboxylic acids is 1. The number of nitrogens with zero attached hydrogens (tertiary/aromatic N) is 3. The Morgan fingerprint density at radius 2 is 1.74 bits per heavy atom. The summed E-state index contributed by atoms with van der Waals surface area (Å²) in [6, 6.07) is 16.3. The van der Waals surface area contributed by atoms with E-state index in [1.54, 1.807) is 10.8 Å². The van der Waals surface area contributed by atoms with Crippen LogP contribution in [0.1, 0.15) is 34.0 Å². The highest BCUT2D eigenvalue weighted by molar-refractivity contribution is 5.92. The first-order chi connectivity index (χ1) is 16.4. The monoisotopic (exact) mass is 462 g/mol. The second-order valence-corrected chi connectivity index (χ2v) is 8.12. The number of carbonyl (C=O) groups excluding carboxylic acids is 2. The number of ether oxygens (including phenoxy) is 1. The normalized spacial score (nSPS) is 12.0. The number of benzene rings is 2. The van der Waals surface area contributed by atoms with Gasteiger partial charge in [0.1, 0.15) is 12.3 Å². The van der Waals surface area contributed by atoms with Crippen molar-refractivity contribution in [3.05, 3.63) is 77.9 Å². The van der Waals surface area contributed by atoms with Crippen LogP contribution in [-0.2, 0) is 16.1 Å². The first-order valence-electron chi connectivity index (χ1n) is 11.0. The van der Waals surface area contributed by atoms with Gasteiger partial charge < -0.3 is 24.6 Å². The van der Waals surface area contributed by atoms with Crippen LogP contribution in [0, 0.1) is 0 Å². The Labute approximate surface area is 197 Å². The van der Waals surface area contributed by atoms with Crippen LogP contribution in [0.15, 0.2) is 61.1 Å². The molecule has 3 aromatic rings. The average molecular weight is 463 g/mol. The highest BCUT2D eigenvalue weighted by Gasteiger charge is 2.28. The number of hydrogen-bond donors (Lipinski definition) is 2. The molecule has 0 saturated carbocycles. The highest BCUT2D eigenvalue weighted by atomic mass is 16.5. The van der Waals surface area contributed by atoms with Gasteiger partial charge in [0, 0.05) is 38.8 Å². The summed E-state index contributed by atoms with van der Waals surface area (Å²) < 4.78 is 7.20. The lowest BCUT2D eigenvalue weighted by atomic mass is 9.98. The molecule has 1 aliphatic carbocycles. The molecular formula is C25H26N4O5. The molecule has 4 rings (SSSR count). The summed E-state index contributed by atoms with van der Waals surface area (Å²) in [5.41, 5.74) is 4.87. The van der Waals surface area contributed by atoms with Crippen molar-refractivity contribution in [3.8, 4) is 11.1 Å². The standard InChI is InChI=1S/C25H26N4O5/c1-28(12-10-23(30)31)24(32)22-14-29(16-27-22)13-11-26-25(33)34-15-21-19-8-4-2-6-17(19)18-7-3-5-9-20(18)21/h2-9,14,16,21H,10-13,15H2,1H3,(H,26,33)(H,30,31). The van der Waals surface area contributed by atoms with E-state index in [9.17, 15) is 14.4 Å². The van der Waals surface area contributed by atoms with E-state index in [0.717, 1.165) is 11.1 Å². The maximum Gasteiger partial charge on any atom is 0.407 e. The van der Waals surface area contributed by atoms with E-state index in [1.165, 1.54) is 29.4 Å². The van der Waals surface area contributed by atoms with Gasteiger partial charge in [0.15, 0.2) is 0 Å². The number of carbonyl (C=O) groups is 3. The van der Waals surface area contributed by atoms with Crippen LogP contribution in [-0.4, -0.2) is 64.3 Å². The van der Waals surface area contributed by atoms with Crippen molar-refractivity contribution in [1.82, 2.24) is 19.8 Å². The molecule has 1 aliphatic rings. The maximum atomic E-state index is 12.3. The fourth-order valence-corrected chi connectivity index (χ4v) is 4.09. The third-order valence-corrected chi connectivity index (χ3v) is 5.84. The van der Waals surface area contributed by atoms with Gasteiger partial charge in [-0.15, -0.1) is 0 Å². The van der Waals surface area contributed by atoms with Crippen molar-refractivity contribution < 1.29 is 24.2 Å². The van der Waals surface area contributed by atoms with Crippen molar-refractivity contribution in [2.75, 3.05) is 26.7 Å². The summed E-state index contributed by atoms with van der Waals surface area (Å²) in [5, 5.41) is 11.5. The van der Waals surface area contributed by atoms with Crippen LogP contribution in [0.25, 0.3) is 11.1 Å². The van der Waals surface area contributed by atoms with Crippen molar-refractivity contribution in [2.45, 2.75) is 18.9 Å². The van der Waals surface area contributed by atoms with E-state index in [4.69, 9.17) is 9.84 Å². The largest absolute Gasteiger partial charge is 0.481 e. The fraction of sp³-hybridized carbons (Fsp3) is 0.280. The van der Waals surface area contributed by atoms with Crippen molar-refractivity contribution in [2.24, 2.45) is 0 Å². The molecule has 0 radical (unpaired) electrons. The van der Waals surface area contributed by atoms with Gasteiger partial charge in [-0.1, -0.05) is 48.5 Å². The fourth-order valence-electron chi connectivity index (χ4n) is 4.09. The maximum absolute atomic E-state index is 12.3. The molecule has 9 nitrogen and oxygen atoms in total. The Kier molecular flexibility index (Phi) is 6.91. The molecule has 1 heterocycles. The number of amides is 2. The minimum Gasteiger partial charge on any atom is -0.481 e. The zero-order chi connectivity index (χ0) is 24.1. The quantitative estimate of drug-likeness (QED) is 0.505. The number of carboxylic acid groups (broad SMARTS) is 1. The Hall–Kier alpha value is -4.14. The minimum atomic E-state index is -0.968. The number of hydrogen-bond acceptors (Lipinski definition) is 5. The summed E-state index contributed by atoms with van der Waals surface area (Å²) in [6.45, 7) is 1.05. The first kappa shape index (κ1) is 23.0. The summed E-state index contributed by atoms with van der Waals surface area (Å²) in [6.07, 6.45) is 2.43. The van der Waals surface area contributed by atoms with E-state index in [0.29, 0.717) is 13.1 Å². The number of fused-ring (bicyclic) bond motifs is 3. The predicted octanol–water partition coefficient (Wildman–Crippen LogP) is 2.97. The number of nitrogens with one attached hydrogen (secondary N) is 1. The third-order valence-electron chi connectivity index (χ3n) is 5.84. The summed E-state index contributed by atoms with van der Waals surface area (Å²) >= 11 is 0. The summed E-state index contributed by atoms with van der Waals surface area (Å²) in [7, 11) is 1.53. The van der Waals surface area contributed by atoms with Crippen LogP contribution in [0.4, 0.5) is 4.79 Å². The lowest BCUT2D eigenvalue weighted by Gasteiger charge is -2.14. The SMILES string of the molecule is CN(CCC(=O)O)C(=O)c1cn(CCNC(=O)OCC2c3ccccc3-c3ccccc32)cn1. The zero-order valence-corrected chi connectivity index (χ0v) is 18.8. The molecule has 0 bridgehead atoms. The van der Waals surface area contributed by atoms with Crippen LogP contribution in [0.5, 0.6) is 0 Å². The van der Waals surface area contributed by atoms with E-state index >= 15 is 0 Å². The third kappa shape index (κ3) is 5.09. The number of aromatic nitrogens is 2. The number of alkyl carbamates (subject to hydrolysis) is 1. The van der Waals surface area contributed by atoms with Gasteiger partial charge in [-0.2, -0.15) is 0 Å². The zero-order valence-electron chi connectivity index (χ0n) is 18.8. The molecule has 34 heavy (non-hydrogen) atoms. The Bertz CT molecular complexity index is 1160. The first-order valence-corrected chi connectivity index (χ1v) is 11.0. The lowest BCUT2D eigenvalue weighted by molar-refractivity contribution is -0.137. The van der Waals surface area contributed by atoms with Crippen LogP contribution in [0.3, 0.4) is 0 Å². The predicted molar refractivity (Wildman–Crippen MR) is 125 cm³/mol. The van der Waals surface area contributed by atoms with E-state index in [2.05, 4.69) is 34.6 Å². The molecule has 2 amide bonds. The number of carboxylic acids is 1. The van der Waals surface area contributed by atoms with Gasteiger partial charge >= 0.3 is 12.1 Å². The average Bonchev–Trinajstić information content (AvgIpc) is 3.43. The van der Waals surface area contributed by atoms with E-state index in [-0.39, 0.29) is 37.1 Å². The van der Waals surface area contributed by atoms with Crippen LogP contribution >= 0.6 is 0 Å². The highest BCUT2D eigenvalue weighted by Crippen LogP contribution is 2.44. The van der Waals surface area contributed by atoms with E-state index in [1.807, 2.05) is 24.3 Å². The van der Waals surface area contributed by atoms with Crippen molar-refractivity contribution in [1.29, 1.82) is 0 Å². The van der Waals surface area contributed by atoms with E-state index < -0.39 is 12.1 Å². The molecule has 0 fully saturated rings. The second kappa shape index (κ2) is 10.2. The van der Waals surface area contributed by atoms with Gasteiger partial charge in [-0.05, 0) is 22.3 Å². The Morgan fingerprint density at radius 1 is 1.09 bits per heavy atom. The van der Waals surface area contributed by atoms with Crippen molar-refractivity contribution >= 4 is 18.0 Å². The van der Waals surface area contributed by atoms with Gasteiger partial charge in [-0.3, -0.25) is 9.59 Å². The van der Waals surface area contributed by atoms with Gasteiger partial charge in [0.25, 0.3) is 5.91 Å². The molecule has 0 spiro atoms. The number of imidazole rings is 1. The topological polar surface area (TPSA) is 114 Å². The minimum absolute atomic E-state index is 0.00140. The molecule has 1 aromatic heterocycles. The van der Waals surface area contributed by atoms with Gasteiger partial charge in [0.2, 0.25) is 0 Å². The Balaban J connectivity index is 1.25. The molecule has 0 unspecified atom stereocenters. The van der Waals surface area contributed by atoms with Crippen LogP contribution in [0.2, 0.25) is 0 Å². The summed E-state index contributed by atoms with van der Waals surface area (Å²) in [4.78, 5) is 40.6. The lowest BCUT2D eigenvalue weighted by Crippen LogP contribution is -2.29. The van der Waals surface area contributed by atoms with Gasteiger partial charge in [-0.25, -0.2) is 9.78 Å². The molecular weight excluding hydrogens is 436 g/mol. The van der Waals surface area contributed by atoms with Crippen molar-refractivity contribution in [3.63, 3.8) is 0 Å². The molecule has 9 heteroatoms. The molecule has 2 aromatic carbocycles. The molecule has 2 N–H and O–H groups in total. The van der Waals surface area contributed by atoms with Gasteiger partial charge in [0.05, 0.1) is 12.7 Å². The second-order valence-electron chi connectivity index (χ2n) is 8.12. The molecule has 176 valence electrons. The van der Waals surface area contributed by atoms with Crippen LogP contribution < -0.4 is 5.32 Å². The molecule has 0 aliphatic heterocycles. The Morgan fingerprint density at radius 3 is 2.38 bits per heavy atom. The number of rotatable bonds is 9. The smallest absolute Gasteiger partial charge is 0.407 e. The summed E-state index contributed by atoms with van der Waals surface area (Å²) in [5.74, 6) is -1.33. The molecule has 0 atom stereocenters. The molecule has 0 saturated heterocycles.